The molecule has 1 heterocycles. The van der Waals surface area contributed by atoms with Gasteiger partial charge in [0.2, 0.25) is 5.91 Å². The summed E-state index contributed by atoms with van der Waals surface area (Å²) in [7, 11) is 0. The van der Waals surface area contributed by atoms with Crippen LogP contribution < -0.4 is 0 Å². The van der Waals surface area contributed by atoms with Crippen LogP contribution in [0.2, 0.25) is 0 Å². The third-order valence-electron chi connectivity index (χ3n) is 1.85. The fourth-order valence-corrected chi connectivity index (χ4v) is 1.46. The molecule has 1 rings (SSSR count). The van der Waals surface area contributed by atoms with Crippen LogP contribution in [0.5, 0.6) is 0 Å². The SMILES string of the molecule is C#C[C@@H]1CCC(=O)N1CCCl. The van der Waals surface area contributed by atoms with E-state index in [2.05, 4.69) is 5.92 Å². The van der Waals surface area contributed by atoms with Crippen molar-refractivity contribution >= 4 is 17.5 Å². The van der Waals surface area contributed by atoms with Gasteiger partial charge in [0.25, 0.3) is 0 Å². The predicted octanol–water partition coefficient (Wildman–Crippen LogP) is 0.849. The largest absolute Gasteiger partial charge is 0.328 e. The molecule has 1 amide bonds. The van der Waals surface area contributed by atoms with Gasteiger partial charge in [-0.05, 0) is 6.42 Å². The lowest BCUT2D eigenvalue weighted by Gasteiger charge is -2.18. The number of carbonyl (C=O) groups is 1. The predicted molar refractivity (Wildman–Crippen MR) is 44.3 cm³/mol. The minimum atomic E-state index is -0.0127. The van der Waals surface area contributed by atoms with Gasteiger partial charge in [-0.15, -0.1) is 18.0 Å². The molecular weight excluding hydrogens is 162 g/mol. The van der Waals surface area contributed by atoms with E-state index < -0.39 is 0 Å². The molecule has 0 spiro atoms. The number of amides is 1. The summed E-state index contributed by atoms with van der Waals surface area (Å²) in [5.74, 6) is 3.17. The zero-order chi connectivity index (χ0) is 8.27. The van der Waals surface area contributed by atoms with Crippen LogP contribution in [0.4, 0.5) is 0 Å². The summed E-state index contributed by atoms with van der Waals surface area (Å²) in [4.78, 5) is 12.8. The molecule has 11 heavy (non-hydrogen) atoms. The van der Waals surface area contributed by atoms with Crippen molar-refractivity contribution in [2.45, 2.75) is 18.9 Å². The normalized spacial score (nSPS) is 23.8. The summed E-state index contributed by atoms with van der Waals surface area (Å²) in [6.45, 7) is 0.579. The van der Waals surface area contributed by atoms with Gasteiger partial charge in [0.15, 0.2) is 0 Å². The van der Waals surface area contributed by atoms with Crippen LogP contribution in [0.25, 0.3) is 0 Å². The zero-order valence-corrected chi connectivity index (χ0v) is 6.97. The van der Waals surface area contributed by atoms with Crippen molar-refractivity contribution in [1.82, 2.24) is 4.90 Å². The van der Waals surface area contributed by atoms with Crippen LogP contribution in [0.3, 0.4) is 0 Å². The fourth-order valence-electron chi connectivity index (χ4n) is 1.28. The molecule has 60 valence electrons. The van der Waals surface area contributed by atoms with E-state index in [4.69, 9.17) is 18.0 Å². The zero-order valence-electron chi connectivity index (χ0n) is 6.22. The number of rotatable bonds is 2. The van der Waals surface area contributed by atoms with Crippen LogP contribution in [0.1, 0.15) is 12.8 Å². The molecule has 0 N–H and O–H groups in total. The van der Waals surface area contributed by atoms with Gasteiger partial charge in [0.1, 0.15) is 0 Å². The van der Waals surface area contributed by atoms with Crippen LogP contribution >= 0.6 is 11.6 Å². The maximum Gasteiger partial charge on any atom is 0.223 e. The van der Waals surface area contributed by atoms with Crippen molar-refractivity contribution in [2.75, 3.05) is 12.4 Å². The number of halogens is 1. The molecule has 0 saturated carbocycles. The number of likely N-dealkylation sites (tertiary alicyclic amines) is 1. The van der Waals surface area contributed by atoms with Gasteiger partial charge in [-0.2, -0.15) is 0 Å². The fraction of sp³-hybridized carbons (Fsp3) is 0.625. The summed E-state index contributed by atoms with van der Waals surface area (Å²) >= 11 is 5.51. The molecule has 0 aromatic rings. The Balaban J connectivity index is 2.57. The summed E-state index contributed by atoms with van der Waals surface area (Å²) < 4.78 is 0. The molecule has 0 aromatic carbocycles. The van der Waals surface area contributed by atoms with E-state index in [-0.39, 0.29) is 11.9 Å². The van der Waals surface area contributed by atoms with E-state index in [0.29, 0.717) is 18.8 Å². The van der Waals surface area contributed by atoms with Crippen LogP contribution in [-0.2, 0) is 4.79 Å². The second-order valence-electron chi connectivity index (χ2n) is 2.50. The Labute approximate surface area is 71.5 Å². The van der Waals surface area contributed by atoms with Crippen LogP contribution in [0.15, 0.2) is 0 Å². The molecule has 0 radical (unpaired) electrons. The van der Waals surface area contributed by atoms with E-state index >= 15 is 0 Å². The molecule has 0 unspecified atom stereocenters. The van der Waals surface area contributed by atoms with Gasteiger partial charge in [0.05, 0.1) is 6.04 Å². The van der Waals surface area contributed by atoms with Gasteiger partial charge < -0.3 is 4.90 Å². The van der Waals surface area contributed by atoms with Gasteiger partial charge >= 0.3 is 0 Å². The molecule has 0 bridgehead atoms. The first kappa shape index (κ1) is 8.42. The third-order valence-corrected chi connectivity index (χ3v) is 2.02. The molecule has 1 saturated heterocycles. The smallest absolute Gasteiger partial charge is 0.223 e. The lowest BCUT2D eigenvalue weighted by Crippen LogP contribution is -2.33. The number of terminal acetylenes is 1. The van der Waals surface area contributed by atoms with Crippen molar-refractivity contribution in [3.63, 3.8) is 0 Å². The summed E-state index contributed by atoms with van der Waals surface area (Å²) in [6.07, 6.45) is 6.59. The third kappa shape index (κ3) is 1.66. The quantitative estimate of drug-likeness (QED) is 0.446. The highest BCUT2D eigenvalue weighted by Gasteiger charge is 2.28. The van der Waals surface area contributed by atoms with Crippen molar-refractivity contribution < 1.29 is 4.79 Å². The first-order chi connectivity index (χ1) is 5.29. The standard InChI is InChI=1S/C8H10ClNO/c1-2-7-3-4-8(11)10(7)6-5-9/h1,7H,3-6H2/t7-/m1/s1. The Bertz CT molecular complexity index is 197. The van der Waals surface area contributed by atoms with Crippen molar-refractivity contribution in [2.24, 2.45) is 0 Å². The average Bonchev–Trinajstić information content (AvgIpc) is 2.34. The van der Waals surface area contributed by atoms with Crippen molar-refractivity contribution in [3.8, 4) is 12.3 Å². The molecule has 1 aliphatic rings. The Morgan fingerprint density at radius 3 is 3.09 bits per heavy atom. The molecule has 2 nitrogen and oxygen atoms in total. The number of hydrogen-bond donors (Lipinski definition) is 0. The number of hydrogen-bond acceptors (Lipinski definition) is 1. The molecule has 1 fully saturated rings. The highest BCUT2D eigenvalue weighted by atomic mass is 35.5. The van der Waals surface area contributed by atoms with Crippen LogP contribution in [0, 0.1) is 12.3 Å². The van der Waals surface area contributed by atoms with Gasteiger partial charge in [-0.25, -0.2) is 0 Å². The molecule has 0 aliphatic carbocycles. The lowest BCUT2D eigenvalue weighted by atomic mass is 10.2. The maximum atomic E-state index is 11.1. The van der Waals surface area contributed by atoms with E-state index in [9.17, 15) is 4.79 Å². The Kier molecular flexibility index (Phi) is 2.78. The second-order valence-corrected chi connectivity index (χ2v) is 2.88. The van der Waals surface area contributed by atoms with E-state index in [1.807, 2.05) is 0 Å². The molecule has 1 atom stereocenters. The van der Waals surface area contributed by atoms with Crippen molar-refractivity contribution in [3.05, 3.63) is 0 Å². The Morgan fingerprint density at radius 2 is 2.55 bits per heavy atom. The first-order valence-electron chi connectivity index (χ1n) is 3.61. The van der Waals surface area contributed by atoms with Crippen molar-refractivity contribution in [1.29, 1.82) is 0 Å². The summed E-state index contributed by atoms with van der Waals surface area (Å²) in [6, 6.07) is -0.0127. The van der Waals surface area contributed by atoms with E-state index in [1.54, 1.807) is 4.90 Å². The van der Waals surface area contributed by atoms with Crippen LogP contribution in [-0.4, -0.2) is 29.3 Å². The monoisotopic (exact) mass is 171 g/mol. The molecule has 0 aromatic heterocycles. The molecule has 1 aliphatic heterocycles. The van der Waals surface area contributed by atoms with Gasteiger partial charge in [-0.3, -0.25) is 4.79 Å². The highest BCUT2D eigenvalue weighted by Crippen LogP contribution is 2.17. The highest BCUT2D eigenvalue weighted by molar-refractivity contribution is 6.18. The lowest BCUT2D eigenvalue weighted by molar-refractivity contribution is -0.128. The Hall–Kier alpha value is -0.680. The topological polar surface area (TPSA) is 20.3 Å². The van der Waals surface area contributed by atoms with E-state index in [1.165, 1.54) is 0 Å². The van der Waals surface area contributed by atoms with E-state index in [0.717, 1.165) is 6.42 Å². The minimum absolute atomic E-state index is 0.0127. The number of alkyl halides is 1. The number of nitrogens with zero attached hydrogens (tertiary/aromatic N) is 1. The second kappa shape index (κ2) is 3.64. The summed E-state index contributed by atoms with van der Waals surface area (Å²) in [5.41, 5.74) is 0. The molecule has 3 heteroatoms. The maximum absolute atomic E-state index is 11.1. The van der Waals surface area contributed by atoms with Gasteiger partial charge in [-0.1, -0.05) is 5.92 Å². The summed E-state index contributed by atoms with van der Waals surface area (Å²) in [5, 5.41) is 0. The number of carbonyl (C=O) groups excluding carboxylic acids is 1. The minimum Gasteiger partial charge on any atom is -0.328 e. The average molecular weight is 172 g/mol. The first-order valence-corrected chi connectivity index (χ1v) is 4.14. The Morgan fingerprint density at radius 1 is 1.82 bits per heavy atom. The molecular formula is C8H10ClNO. The van der Waals surface area contributed by atoms with Gasteiger partial charge in [0, 0.05) is 18.8 Å².